The van der Waals surface area contributed by atoms with Crippen LogP contribution in [0.25, 0.3) is 0 Å². The van der Waals surface area contributed by atoms with Gasteiger partial charge in [-0.2, -0.15) is 0 Å². The third-order valence-corrected chi connectivity index (χ3v) is 8.52. The van der Waals surface area contributed by atoms with Crippen LogP contribution in [0, 0.1) is 11.8 Å². The number of rotatable bonds is 12. The van der Waals surface area contributed by atoms with Gasteiger partial charge in [-0.05, 0) is 30.3 Å². The average Bonchev–Trinajstić information content (AvgIpc) is 3.72. The van der Waals surface area contributed by atoms with Crippen LogP contribution in [0.5, 0.6) is 5.75 Å². The van der Waals surface area contributed by atoms with E-state index in [0.29, 0.717) is 5.75 Å². The van der Waals surface area contributed by atoms with E-state index in [0.717, 1.165) is 27.7 Å². The molecule has 3 fully saturated rings. The average molecular weight is 707 g/mol. The highest BCUT2D eigenvalue weighted by Gasteiger charge is 2.78. The van der Waals surface area contributed by atoms with Crippen molar-refractivity contribution in [1.82, 2.24) is 0 Å². The summed E-state index contributed by atoms with van der Waals surface area (Å²) in [7, 11) is 1.50. The number of hydrogen-bond acceptors (Lipinski definition) is 17. The SMILES string of the molecule is COc1ccc(C(=O)OC2C3C=COC(OC4OC(COC(C)=O)C(OC(C)=O)C(OC(C)=O)C4OC(C)=O)C3C3(COC(C)=O)OC23)cc1. The number of carbonyl (C=O) groups excluding carboxylic acids is 6. The number of fused-ring (bicyclic) bond motifs is 3. The van der Waals surface area contributed by atoms with Crippen molar-refractivity contribution in [1.29, 1.82) is 0 Å². The van der Waals surface area contributed by atoms with E-state index in [1.807, 2.05) is 0 Å². The van der Waals surface area contributed by atoms with Gasteiger partial charge in [0, 0.05) is 40.5 Å². The summed E-state index contributed by atoms with van der Waals surface area (Å²) in [6.07, 6.45) is -7.22. The lowest BCUT2D eigenvalue weighted by molar-refractivity contribution is -0.346. The van der Waals surface area contributed by atoms with Crippen LogP contribution in [0.4, 0.5) is 0 Å². The smallest absolute Gasteiger partial charge is 0.338 e. The highest BCUT2D eigenvalue weighted by Crippen LogP contribution is 2.61. The maximum atomic E-state index is 13.3. The molecule has 0 spiro atoms. The van der Waals surface area contributed by atoms with Crippen molar-refractivity contribution in [3.63, 3.8) is 0 Å². The number of methoxy groups -OCH3 is 1. The Bertz CT molecular complexity index is 1510. The molecule has 3 heterocycles. The van der Waals surface area contributed by atoms with Crippen LogP contribution in [-0.4, -0.2) is 111 Å². The molecule has 1 saturated carbocycles. The first-order chi connectivity index (χ1) is 23.7. The number of ether oxygens (including phenoxy) is 11. The maximum Gasteiger partial charge on any atom is 0.338 e. The van der Waals surface area contributed by atoms with Gasteiger partial charge in [0.25, 0.3) is 0 Å². The number of hydrogen-bond donors (Lipinski definition) is 0. The maximum absolute atomic E-state index is 13.3. The van der Waals surface area contributed by atoms with Gasteiger partial charge in [0.1, 0.15) is 42.9 Å². The molecule has 4 aliphatic rings. The number of esters is 6. The Morgan fingerprint density at radius 1 is 0.720 bits per heavy atom. The minimum absolute atomic E-state index is 0.250. The molecule has 0 N–H and O–H groups in total. The Labute approximate surface area is 286 Å². The van der Waals surface area contributed by atoms with Crippen LogP contribution in [0.2, 0.25) is 0 Å². The van der Waals surface area contributed by atoms with E-state index >= 15 is 0 Å². The summed E-state index contributed by atoms with van der Waals surface area (Å²) in [5, 5.41) is 0. The van der Waals surface area contributed by atoms with Crippen LogP contribution in [-0.2, 0) is 71.3 Å². The normalized spacial score (nSPS) is 33.3. The van der Waals surface area contributed by atoms with Gasteiger partial charge in [-0.3, -0.25) is 24.0 Å². The Morgan fingerprint density at radius 3 is 1.94 bits per heavy atom. The van der Waals surface area contributed by atoms with E-state index in [1.54, 1.807) is 30.3 Å². The lowest BCUT2D eigenvalue weighted by Gasteiger charge is -2.46. The second-order valence-electron chi connectivity index (χ2n) is 12.0. The minimum Gasteiger partial charge on any atom is -0.497 e. The summed E-state index contributed by atoms with van der Waals surface area (Å²) in [5.41, 5.74) is -0.989. The lowest BCUT2D eigenvalue weighted by atomic mass is 9.85. The van der Waals surface area contributed by atoms with Crippen LogP contribution in [0.1, 0.15) is 45.0 Å². The molecule has 0 bridgehead atoms. The van der Waals surface area contributed by atoms with Gasteiger partial charge in [0.2, 0.25) is 12.6 Å². The summed E-state index contributed by atoms with van der Waals surface area (Å²) in [6, 6.07) is 6.31. The summed E-state index contributed by atoms with van der Waals surface area (Å²) in [4.78, 5) is 73.6. The molecule has 0 amide bonds. The molecule has 0 aromatic heterocycles. The quantitative estimate of drug-likeness (QED) is 0.170. The standard InChI is InChI=1S/C33H38O17/c1-15(34)42-13-23-26(44-17(3)36)27(45-18(4)37)28(46-19(5)38)32(47-23)49-31-24-22(11-12-41-31)25(29-33(24,50-29)14-43-16(2)35)48-30(39)20-7-9-21(40-6)10-8-20/h7-12,22-29,31-32H,13-14H2,1-6H3. The highest BCUT2D eigenvalue weighted by atomic mass is 16.8. The summed E-state index contributed by atoms with van der Waals surface area (Å²) in [6.45, 7) is 4.95. The topological polar surface area (TPSA) is 207 Å². The van der Waals surface area contributed by atoms with Crippen molar-refractivity contribution >= 4 is 35.8 Å². The van der Waals surface area contributed by atoms with Crippen molar-refractivity contribution in [3.8, 4) is 5.75 Å². The molecule has 1 aliphatic carbocycles. The van der Waals surface area contributed by atoms with E-state index in [1.165, 1.54) is 20.3 Å². The van der Waals surface area contributed by atoms with Gasteiger partial charge in [-0.25, -0.2) is 4.79 Å². The zero-order valence-corrected chi connectivity index (χ0v) is 28.1. The first kappa shape index (κ1) is 36.5. The van der Waals surface area contributed by atoms with Gasteiger partial charge in [0.15, 0.2) is 18.3 Å². The fourth-order valence-corrected chi connectivity index (χ4v) is 6.52. The molecule has 0 radical (unpaired) electrons. The van der Waals surface area contributed by atoms with Crippen molar-refractivity contribution in [3.05, 3.63) is 42.2 Å². The Kier molecular flexibility index (Phi) is 11.0. The van der Waals surface area contributed by atoms with E-state index < -0.39 is 109 Å². The molecule has 11 atom stereocenters. The predicted molar refractivity (Wildman–Crippen MR) is 160 cm³/mol. The Balaban J connectivity index is 1.46. The predicted octanol–water partition coefficient (Wildman–Crippen LogP) is 1.14. The molecule has 3 aliphatic heterocycles. The highest BCUT2D eigenvalue weighted by molar-refractivity contribution is 5.89. The molecule has 17 nitrogen and oxygen atoms in total. The molecule has 11 unspecified atom stereocenters. The fraction of sp³-hybridized carbons (Fsp3) is 0.576. The van der Waals surface area contributed by atoms with Crippen LogP contribution in [0.15, 0.2) is 36.6 Å². The van der Waals surface area contributed by atoms with Crippen LogP contribution < -0.4 is 4.74 Å². The Morgan fingerprint density at radius 2 is 1.34 bits per heavy atom. The number of benzene rings is 1. The molecule has 50 heavy (non-hydrogen) atoms. The zero-order chi connectivity index (χ0) is 36.3. The summed E-state index contributed by atoms with van der Waals surface area (Å²) >= 11 is 0. The molecule has 17 heteroatoms. The van der Waals surface area contributed by atoms with E-state index in [2.05, 4.69) is 0 Å². The minimum atomic E-state index is -1.59. The van der Waals surface area contributed by atoms with Gasteiger partial charge < -0.3 is 52.1 Å². The van der Waals surface area contributed by atoms with Crippen molar-refractivity contribution in [2.24, 2.45) is 11.8 Å². The molecule has 2 saturated heterocycles. The van der Waals surface area contributed by atoms with Crippen LogP contribution >= 0.6 is 0 Å². The largest absolute Gasteiger partial charge is 0.497 e. The molecule has 272 valence electrons. The van der Waals surface area contributed by atoms with E-state index in [4.69, 9.17) is 52.1 Å². The Hall–Kier alpha value is -4.74. The molecule has 1 aromatic rings. The summed E-state index contributed by atoms with van der Waals surface area (Å²) < 4.78 is 62.5. The first-order valence-electron chi connectivity index (χ1n) is 15.7. The van der Waals surface area contributed by atoms with Crippen molar-refractivity contribution < 1.29 is 80.9 Å². The second-order valence-corrected chi connectivity index (χ2v) is 12.0. The van der Waals surface area contributed by atoms with Gasteiger partial charge >= 0.3 is 35.8 Å². The number of epoxide rings is 1. The molecule has 1 aromatic carbocycles. The third-order valence-electron chi connectivity index (χ3n) is 8.52. The first-order valence-corrected chi connectivity index (χ1v) is 15.7. The summed E-state index contributed by atoms with van der Waals surface area (Å²) in [5.74, 6) is -5.22. The number of carbonyl (C=O) groups is 6. The second kappa shape index (κ2) is 15.0. The fourth-order valence-electron chi connectivity index (χ4n) is 6.52. The van der Waals surface area contributed by atoms with Gasteiger partial charge in [-0.15, -0.1) is 0 Å². The van der Waals surface area contributed by atoms with E-state index in [-0.39, 0.29) is 12.2 Å². The van der Waals surface area contributed by atoms with Gasteiger partial charge in [0.05, 0.1) is 24.9 Å². The van der Waals surface area contributed by atoms with Crippen molar-refractivity contribution in [2.75, 3.05) is 20.3 Å². The molecule has 5 rings (SSSR count). The van der Waals surface area contributed by atoms with Gasteiger partial charge in [-0.1, -0.05) is 0 Å². The van der Waals surface area contributed by atoms with Crippen LogP contribution in [0.3, 0.4) is 0 Å². The monoisotopic (exact) mass is 706 g/mol. The zero-order valence-electron chi connectivity index (χ0n) is 28.1. The lowest BCUT2D eigenvalue weighted by Crippen LogP contribution is -2.64. The molecular weight excluding hydrogens is 668 g/mol. The van der Waals surface area contributed by atoms with E-state index in [9.17, 15) is 28.8 Å². The molecular formula is C33H38O17. The van der Waals surface area contributed by atoms with Crippen molar-refractivity contribution in [2.45, 2.75) is 89.4 Å². The third kappa shape index (κ3) is 7.84.